The number of hydrogen-bond donors (Lipinski definition) is 1. The van der Waals surface area contributed by atoms with Crippen molar-refractivity contribution in [2.75, 3.05) is 31.6 Å². The summed E-state index contributed by atoms with van der Waals surface area (Å²) in [6, 6.07) is 5.03. The van der Waals surface area contributed by atoms with E-state index in [1.165, 1.54) is 12.1 Å². The molecule has 1 aliphatic rings. The number of rotatable bonds is 4. The predicted octanol–water partition coefficient (Wildman–Crippen LogP) is 2.24. The molecule has 1 aromatic carbocycles. The lowest BCUT2D eigenvalue weighted by atomic mass is 10.3. The monoisotopic (exact) mass is 318 g/mol. The molecule has 1 aromatic rings. The molecule has 0 saturated carbocycles. The number of nitrogens with one attached hydrogen (secondary N) is 1. The SMILES string of the molecule is C[C@@H]1CN(CC(=O)Nc2ccc(OC(F)(F)F)cc2)CCO1. The zero-order valence-electron chi connectivity index (χ0n) is 12.0. The van der Waals surface area contributed by atoms with Crippen molar-refractivity contribution in [1.82, 2.24) is 4.90 Å². The number of ether oxygens (including phenoxy) is 2. The van der Waals surface area contributed by atoms with Gasteiger partial charge in [0.15, 0.2) is 0 Å². The fraction of sp³-hybridized carbons (Fsp3) is 0.500. The van der Waals surface area contributed by atoms with Gasteiger partial charge >= 0.3 is 6.36 Å². The Balaban J connectivity index is 1.83. The molecule has 22 heavy (non-hydrogen) atoms. The molecule has 0 radical (unpaired) electrons. The molecule has 0 aromatic heterocycles. The lowest BCUT2D eigenvalue weighted by Crippen LogP contribution is -2.44. The summed E-state index contributed by atoms with van der Waals surface area (Å²) >= 11 is 0. The molecular formula is C14H17F3N2O3. The van der Waals surface area contributed by atoms with Crippen LogP contribution in [0.3, 0.4) is 0 Å². The van der Waals surface area contributed by atoms with Crippen LogP contribution in [-0.4, -0.2) is 49.5 Å². The van der Waals surface area contributed by atoms with Crippen LogP contribution in [0.4, 0.5) is 18.9 Å². The topological polar surface area (TPSA) is 50.8 Å². The maximum absolute atomic E-state index is 12.0. The minimum atomic E-state index is -4.72. The molecular weight excluding hydrogens is 301 g/mol. The largest absolute Gasteiger partial charge is 0.573 e. The maximum Gasteiger partial charge on any atom is 0.573 e. The highest BCUT2D eigenvalue weighted by Gasteiger charge is 2.31. The molecule has 122 valence electrons. The van der Waals surface area contributed by atoms with Gasteiger partial charge in [-0.25, -0.2) is 0 Å². The van der Waals surface area contributed by atoms with Gasteiger partial charge in [0.2, 0.25) is 5.91 Å². The Hall–Kier alpha value is -1.80. The third-order valence-electron chi connectivity index (χ3n) is 3.06. The van der Waals surface area contributed by atoms with Gasteiger partial charge in [0, 0.05) is 18.8 Å². The third kappa shape index (κ3) is 5.53. The number of alkyl halides is 3. The van der Waals surface area contributed by atoms with E-state index in [1.807, 2.05) is 11.8 Å². The van der Waals surface area contributed by atoms with Crippen molar-refractivity contribution in [3.05, 3.63) is 24.3 Å². The highest BCUT2D eigenvalue weighted by atomic mass is 19.4. The summed E-state index contributed by atoms with van der Waals surface area (Å²) in [5.74, 6) is -0.550. The Labute approximate surface area is 126 Å². The van der Waals surface area contributed by atoms with Crippen molar-refractivity contribution in [3.8, 4) is 5.75 Å². The highest BCUT2D eigenvalue weighted by Crippen LogP contribution is 2.23. The summed E-state index contributed by atoms with van der Waals surface area (Å²) in [4.78, 5) is 13.9. The molecule has 8 heteroatoms. The average molecular weight is 318 g/mol. The first kappa shape index (κ1) is 16.6. The van der Waals surface area contributed by atoms with Gasteiger partial charge in [-0.05, 0) is 31.2 Å². The van der Waals surface area contributed by atoms with Crippen LogP contribution in [0.1, 0.15) is 6.92 Å². The summed E-state index contributed by atoms with van der Waals surface area (Å²) in [6.45, 7) is 4.08. The Kier molecular flexibility index (Phi) is 5.25. The van der Waals surface area contributed by atoms with E-state index in [1.54, 1.807) is 0 Å². The van der Waals surface area contributed by atoms with E-state index in [0.29, 0.717) is 25.4 Å². The lowest BCUT2D eigenvalue weighted by molar-refractivity contribution is -0.274. The first-order chi connectivity index (χ1) is 10.3. The second kappa shape index (κ2) is 6.97. The molecule has 1 saturated heterocycles. The average Bonchev–Trinajstić information content (AvgIpc) is 2.39. The number of amides is 1. The van der Waals surface area contributed by atoms with Crippen molar-refractivity contribution in [2.24, 2.45) is 0 Å². The van der Waals surface area contributed by atoms with Gasteiger partial charge in [-0.2, -0.15) is 0 Å². The Bertz CT molecular complexity index is 505. The van der Waals surface area contributed by atoms with Crippen molar-refractivity contribution >= 4 is 11.6 Å². The zero-order chi connectivity index (χ0) is 16.2. The van der Waals surface area contributed by atoms with E-state index in [-0.39, 0.29) is 24.3 Å². The van der Waals surface area contributed by atoms with Crippen molar-refractivity contribution in [1.29, 1.82) is 0 Å². The molecule has 0 unspecified atom stereocenters. The number of anilines is 1. The van der Waals surface area contributed by atoms with Crippen molar-refractivity contribution in [2.45, 2.75) is 19.4 Å². The van der Waals surface area contributed by atoms with Gasteiger partial charge < -0.3 is 14.8 Å². The first-order valence-electron chi connectivity index (χ1n) is 6.81. The van der Waals surface area contributed by atoms with Crippen LogP contribution in [0.2, 0.25) is 0 Å². The van der Waals surface area contributed by atoms with E-state index in [4.69, 9.17) is 4.74 Å². The summed E-state index contributed by atoms with van der Waals surface area (Å²) in [5, 5.41) is 2.64. The van der Waals surface area contributed by atoms with Crippen LogP contribution in [-0.2, 0) is 9.53 Å². The Morgan fingerprint density at radius 2 is 2.09 bits per heavy atom. The maximum atomic E-state index is 12.0. The number of carbonyl (C=O) groups is 1. The zero-order valence-corrected chi connectivity index (χ0v) is 12.0. The molecule has 1 N–H and O–H groups in total. The van der Waals surface area contributed by atoms with E-state index < -0.39 is 6.36 Å². The van der Waals surface area contributed by atoms with E-state index in [0.717, 1.165) is 12.1 Å². The molecule has 0 aliphatic carbocycles. The number of halogens is 3. The summed E-state index contributed by atoms with van der Waals surface area (Å²) in [7, 11) is 0. The molecule has 0 bridgehead atoms. The van der Waals surface area contributed by atoms with Crippen LogP contribution in [0.15, 0.2) is 24.3 Å². The van der Waals surface area contributed by atoms with Gasteiger partial charge in [-0.15, -0.1) is 13.2 Å². The minimum Gasteiger partial charge on any atom is -0.406 e. The molecule has 2 rings (SSSR count). The number of hydrogen-bond acceptors (Lipinski definition) is 4. The second-order valence-corrected chi connectivity index (χ2v) is 5.04. The quantitative estimate of drug-likeness (QED) is 0.925. The summed E-state index contributed by atoms with van der Waals surface area (Å²) < 4.78 is 45.3. The third-order valence-corrected chi connectivity index (χ3v) is 3.06. The smallest absolute Gasteiger partial charge is 0.406 e. The van der Waals surface area contributed by atoms with Gasteiger partial charge in [0.1, 0.15) is 5.75 Å². The Morgan fingerprint density at radius 1 is 1.41 bits per heavy atom. The number of benzene rings is 1. The fourth-order valence-electron chi connectivity index (χ4n) is 2.18. The van der Waals surface area contributed by atoms with Crippen LogP contribution >= 0.6 is 0 Å². The van der Waals surface area contributed by atoms with E-state index in [2.05, 4.69) is 10.1 Å². The van der Waals surface area contributed by atoms with Gasteiger partial charge in [-0.1, -0.05) is 0 Å². The van der Waals surface area contributed by atoms with Gasteiger partial charge in [0.05, 0.1) is 19.3 Å². The minimum absolute atomic E-state index is 0.0837. The molecule has 1 amide bonds. The van der Waals surface area contributed by atoms with Gasteiger partial charge in [0.25, 0.3) is 0 Å². The molecule has 1 fully saturated rings. The lowest BCUT2D eigenvalue weighted by Gasteiger charge is -2.30. The standard InChI is InChI=1S/C14H17F3N2O3/c1-10-8-19(6-7-21-10)9-13(20)18-11-2-4-12(5-3-11)22-14(15,16)17/h2-5,10H,6-9H2,1H3,(H,18,20)/t10-/m1/s1. The number of nitrogens with zero attached hydrogens (tertiary/aromatic N) is 1. The number of carbonyl (C=O) groups excluding carboxylic acids is 1. The van der Waals surface area contributed by atoms with Crippen molar-refractivity contribution < 1.29 is 27.4 Å². The highest BCUT2D eigenvalue weighted by molar-refractivity contribution is 5.92. The van der Waals surface area contributed by atoms with Crippen molar-refractivity contribution in [3.63, 3.8) is 0 Å². The molecule has 0 spiro atoms. The Morgan fingerprint density at radius 3 is 2.68 bits per heavy atom. The van der Waals surface area contributed by atoms with Crippen LogP contribution in [0.25, 0.3) is 0 Å². The molecule has 1 aliphatic heterocycles. The van der Waals surface area contributed by atoms with Crippen LogP contribution in [0.5, 0.6) is 5.75 Å². The number of morpholine rings is 1. The molecule has 1 atom stereocenters. The normalized spacial score (nSPS) is 19.7. The predicted molar refractivity (Wildman–Crippen MR) is 73.6 cm³/mol. The summed E-state index contributed by atoms with van der Waals surface area (Å²) in [6.07, 6.45) is -4.64. The van der Waals surface area contributed by atoms with Gasteiger partial charge in [-0.3, -0.25) is 9.69 Å². The first-order valence-corrected chi connectivity index (χ1v) is 6.81. The molecule has 1 heterocycles. The second-order valence-electron chi connectivity index (χ2n) is 5.04. The molecule has 5 nitrogen and oxygen atoms in total. The van der Waals surface area contributed by atoms with E-state index in [9.17, 15) is 18.0 Å². The summed E-state index contributed by atoms with van der Waals surface area (Å²) in [5.41, 5.74) is 0.417. The fourth-order valence-corrected chi connectivity index (χ4v) is 2.18. The van der Waals surface area contributed by atoms with Crippen LogP contribution < -0.4 is 10.1 Å². The van der Waals surface area contributed by atoms with E-state index >= 15 is 0 Å². The van der Waals surface area contributed by atoms with Crippen LogP contribution in [0, 0.1) is 0 Å².